The summed E-state index contributed by atoms with van der Waals surface area (Å²) in [7, 11) is -4.03. The molecule has 9 nitrogen and oxygen atoms in total. The molecule has 3 rings (SSSR count). The van der Waals surface area contributed by atoms with Crippen LogP contribution in [0.5, 0.6) is 17.2 Å². The number of ether oxygens (including phenoxy) is 2. The molecule has 0 saturated carbocycles. The van der Waals surface area contributed by atoms with Gasteiger partial charge in [-0.05, 0) is 62.4 Å². The van der Waals surface area contributed by atoms with E-state index in [9.17, 15) is 36.4 Å². The summed E-state index contributed by atoms with van der Waals surface area (Å²) in [5.41, 5.74) is 0. The summed E-state index contributed by atoms with van der Waals surface area (Å²) in [6, 6.07) is 7.73. The molecule has 0 bridgehead atoms. The van der Waals surface area contributed by atoms with Crippen LogP contribution in [0, 0.1) is 0 Å². The predicted molar refractivity (Wildman–Crippen MR) is 119 cm³/mol. The van der Waals surface area contributed by atoms with Gasteiger partial charge < -0.3 is 14.8 Å². The van der Waals surface area contributed by atoms with Crippen LogP contribution in [0.25, 0.3) is 0 Å². The summed E-state index contributed by atoms with van der Waals surface area (Å²) in [5, 5.41) is 12.5. The Balaban J connectivity index is 1.73. The predicted octanol–water partition coefficient (Wildman–Crippen LogP) is 3.97. The van der Waals surface area contributed by atoms with Crippen LogP contribution in [-0.2, 0) is 14.6 Å². The highest BCUT2D eigenvalue weighted by Gasteiger charge is 2.48. The first kappa shape index (κ1) is 26.6. The molecule has 2 atom stereocenters. The number of hydroxylamine groups is 2. The highest BCUT2D eigenvalue weighted by molar-refractivity contribution is 8.15. The first-order chi connectivity index (χ1) is 16.2. The number of hydrogen-bond acceptors (Lipinski definition) is 8. The summed E-state index contributed by atoms with van der Waals surface area (Å²) in [4.78, 5) is 22.9. The van der Waals surface area contributed by atoms with Gasteiger partial charge in [0.05, 0.1) is 22.7 Å². The molecule has 1 aliphatic rings. The van der Waals surface area contributed by atoms with Crippen molar-refractivity contribution in [2.24, 2.45) is 0 Å². The normalized spacial score (nSPS) is 18.5. The average molecular weight is 535 g/mol. The SMILES string of the molecule is CC1(C)SC(=O)N[C@H]1C(CS(=O)(=O)c1ccc(Oc2ccc(OC(F)(F)F)cc2)cc1)N(O)C=O. The second-order valence-electron chi connectivity index (χ2n) is 8.04. The fraction of sp³-hybridized carbons (Fsp3) is 0.333. The van der Waals surface area contributed by atoms with Gasteiger partial charge in [0.1, 0.15) is 17.2 Å². The molecule has 1 fully saturated rings. The highest BCUT2D eigenvalue weighted by atomic mass is 32.2. The van der Waals surface area contributed by atoms with Gasteiger partial charge in [-0.1, -0.05) is 11.8 Å². The number of alkyl halides is 3. The van der Waals surface area contributed by atoms with Crippen LogP contribution in [0.3, 0.4) is 0 Å². The molecule has 1 saturated heterocycles. The number of sulfone groups is 1. The van der Waals surface area contributed by atoms with Gasteiger partial charge in [-0.15, -0.1) is 13.2 Å². The molecule has 190 valence electrons. The number of carbonyl (C=O) groups excluding carboxylic acids is 2. The molecule has 35 heavy (non-hydrogen) atoms. The van der Waals surface area contributed by atoms with E-state index in [1.165, 1.54) is 36.4 Å². The number of rotatable bonds is 9. The molecule has 14 heteroatoms. The molecule has 0 aromatic heterocycles. The average Bonchev–Trinajstić information content (AvgIpc) is 3.04. The van der Waals surface area contributed by atoms with Crippen molar-refractivity contribution in [3.8, 4) is 17.2 Å². The van der Waals surface area contributed by atoms with Crippen molar-refractivity contribution >= 4 is 33.2 Å². The molecule has 1 unspecified atom stereocenters. The maximum Gasteiger partial charge on any atom is 0.573 e. The van der Waals surface area contributed by atoms with Crippen molar-refractivity contribution in [2.45, 2.75) is 41.9 Å². The van der Waals surface area contributed by atoms with Gasteiger partial charge in [-0.2, -0.15) is 0 Å². The molecule has 0 aliphatic carbocycles. The largest absolute Gasteiger partial charge is 0.573 e. The lowest BCUT2D eigenvalue weighted by atomic mass is 9.96. The first-order valence-corrected chi connectivity index (χ1v) is 12.5. The van der Waals surface area contributed by atoms with Crippen LogP contribution in [0.15, 0.2) is 53.4 Å². The maximum atomic E-state index is 13.0. The zero-order valence-corrected chi connectivity index (χ0v) is 20.0. The lowest BCUT2D eigenvalue weighted by Crippen LogP contribution is -2.56. The third-order valence-electron chi connectivity index (χ3n) is 5.08. The Morgan fingerprint density at radius 1 is 1.11 bits per heavy atom. The maximum absolute atomic E-state index is 13.0. The van der Waals surface area contributed by atoms with Gasteiger partial charge in [0.2, 0.25) is 6.41 Å². The number of halogens is 3. The minimum Gasteiger partial charge on any atom is -0.457 e. The van der Waals surface area contributed by atoms with E-state index in [1.807, 2.05) is 0 Å². The summed E-state index contributed by atoms with van der Waals surface area (Å²) in [6.45, 7) is 3.37. The number of amides is 2. The van der Waals surface area contributed by atoms with Crippen LogP contribution in [0.1, 0.15) is 13.8 Å². The Bertz CT molecular complexity index is 1170. The van der Waals surface area contributed by atoms with Gasteiger partial charge in [0, 0.05) is 4.75 Å². The molecular formula is C21H21F3N2O7S2. The number of nitrogens with zero attached hydrogens (tertiary/aromatic N) is 1. The number of nitrogens with one attached hydrogen (secondary N) is 1. The van der Waals surface area contributed by atoms with Crippen molar-refractivity contribution in [3.05, 3.63) is 48.5 Å². The van der Waals surface area contributed by atoms with Crippen LogP contribution < -0.4 is 14.8 Å². The molecule has 2 aromatic rings. The lowest BCUT2D eigenvalue weighted by Gasteiger charge is -2.34. The first-order valence-electron chi connectivity index (χ1n) is 9.99. The fourth-order valence-electron chi connectivity index (χ4n) is 3.48. The quantitative estimate of drug-likeness (QED) is 0.282. The zero-order valence-electron chi connectivity index (χ0n) is 18.4. The van der Waals surface area contributed by atoms with Crippen molar-refractivity contribution in [3.63, 3.8) is 0 Å². The van der Waals surface area contributed by atoms with Gasteiger partial charge >= 0.3 is 6.36 Å². The molecular weight excluding hydrogens is 513 g/mol. The minimum atomic E-state index is -4.82. The van der Waals surface area contributed by atoms with E-state index < -0.39 is 49.8 Å². The Morgan fingerprint density at radius 2 is 1.63 bits per heavy atom. The second kappa shape index (κ2) is 9.95. The number of benzene rings is 2. The minimum absolute atomic E-state index is 0.0768. The zero-order chi connectivity index (χ0) is 26.0. The monoisotopic (exact) mass is 534 g/mol. The van der Waals surface area contributed by atoms with Gasteiger partial charge in [-0.3, -0.25) is 14.8 Å². The molecule has 1 aliphatic heterocycles. The third-order valence-corrected chi connectivity index (χ3v) is 7.93. The third kappa shape index (κ3) is 6.80. The molecule has 0 radical (unpaired) electrons. The Kier molecular flexibility index (Phi) is 7.57. The summed E-state index contributed by atoms with van der Waals surface area (Å²) >= 11 is 0.936. The van der Waals surface area contributed by atoms with Gasteiger partial charge in [0.15, 0.2) is 9.84 Å². The van der Waals surface area contributed by atoms with Crippen molar-refractivity contribution < 1.29 is 45.9 Å². The van der Waals surface area contributed by atoms with E-state index in [0.29, 0.717) is 0 Å². The fourth-order valence-corrected chi connectivity index (χ4v) is 6.02. The molecule has 2 aromatic carbocycles. The molecule has 0 spiro atoms. The summed E-state index contributed by atoms with van der Waals surface area (Å²) in [6.07, 6.45) is -4.74. The number of carbonyl (C=O) groups is 2. The van der Waals surface area contributed by atoms with Crippen molar-refractivity contribution in [2.75, 3.05) is 5.75 Å². The second-order valence-corrected chi connectivity index (χ2v) is 11.7. The van der Waals surface area contributed by atoms with Crippen LogP contribution in [0.2, 0.25) is 0 Å². The number of hydrogen-bond donors (Lipinski definition) is 2. The summed E-state index contributed by atoms with van der Waals surface area (Å²) < 4.78 is 71.3. The van der Waals surface area contributed by atoms with E-state index in [2.05, 4.69) is 10.1 Å². The van der Waals surface area contributed by atoms with E-state index in [1.54, 1.807) is 13.8 Å². The summed E-state index contributed by atoms with van der Waals surface area (Å²) in [5.74, 6) is -0.692. The van der Waals surface area contributed by atoms with Crippen molar-refractivity contribution in [1.82, 2.24) is 10.4 Å². The molecule has 1 heterocycles. The van der Waals surface area contributed by atoms with E-state index in [0.717, 1.165) is 23.9 Å². The van der Waals surface area contributed by atoms with Gasteiger partial charge in [0.25, 0.3) is 5.24 Å². The Hall–Kier alpha value is -2.97. The van der Waals surface area contributed by atoms with Crippen LogP contribution >= 0.6 is 11.8 Å². The van der Waals surface area contributed by atoms with E-state index >= 15 is 0 Å². The van der Waals surface area contributed by atoms with Crippen LogP contribution in [0.4, 0.5) is 18.0 Å². The lowest BCUT2D eigenvalue weighted by molar-refractivity contribution is -0.274. The molecule has 2 amide bonds. The van der Waals surface area contributed by atoms with E-state index in [4.69, 9.17) is 4.74 Å². The topological polar surface area (TPSA) is 122 Å². The van der Waals surface area contributed by atoms with Crippen molar-refractivity contribution in [1.29, 1.82) is 0 Å². The number of thioether (sulfide) groups is 1. The smallest absolute Gasteiger partial charge is 0.457 e. The Labute approximate surface area is 203 Å². The Morgan fingerprint density at radius 3 is 2.09 bits per heavy atom. The highest BCUT2D eigenvalue weighted by Crippen LogP contribution is 2.38. The molecule has 2 N–H and O–H groups in total. The standard InChI is InChI=1S/C21H21F3N2O7S2/c1-20(2)18(25-19(28)34-20)17(26(29)12-27)11-35(30,31)16-9-7-14(8-10-16)32-13-3-5-15(6-4-13)33-21(22,23)24/h3-10,12,17-18,29H,11H2,1-2H3,(H,25,28)/t17?,18-/m0/s1. The van der Waals surface area contributed by atoms with Crippen LogP contribution in [-0.4, -0.2) is 59.3 Å². The van der Waals surface area contributed by atoms with Gasteiger partial charge in [-0.25, -0.2) is 13.5 Å². The van der Waals surface area contributed by atoms with E-state index in [-0.39, 0.29) is 27.9 Å².